The predicted molar refractivity (Wildman–Crippen MR) is 123 cm³/mol. The van der Waals surface area contributed by atoms with Crippen LogP contribution in [0.15, 0.2) is 59.5 Å². The van der Waals surface area contributed by atoms with Crippen LogP contribution >= 0.6 is 22.9 Å². The Morgan fingerprint density at radius 3 is 2.57 bits per heavy atom. The maximum absolute atomic E-state index is 13.1. The first-order valence-electron chi connectivity index (χ1n) is 9.12. The van der Waals surface area contributed by atoms with Gasteiger partial charge in [-0.25, -0.2) is 13.4 Å². The van der Waals surface area contributed by atoms with Gasteiger partial charge >= 0.3 is 0 Å². The van der Waals surface area contributed by atoms with E-state index in [-0.39, 0.29) is 4.90 Å². The molecule has 2 aromatic heterocycles. The quantitative estimate of drug-likeness (QED) is 0.395. The van der Waals surface area contributed by atoms with E-state index < -0.39 is 10.0 Å². The predicted octanol–water partition coefficient (Wildman–Crippen LogP) is 6.04. The summed E-state index contributed by atoms with van der Waals surface area (Å²) in [7, 11) is -2.33. The molecule has 0 aliphatic rings. The van der Waals surface area contributed by atoms with Crippen molar-refractivity contribution in [2.24, 2.45) is 0 Å². The SMILES string of the molecule is COc1cccc(S(=O)(=O)Nc2cc(C)nc3sc(C)c(-c4cccc(Cl)c4)c23)c1. The van der Waals surface area contributed by atoms with Crippen molar-refractivity contribution in [2.45, 2.75) is 18.7 Å². The van der Waals surface area contributed by atoms with Crippen LogP contribution in [0.5, 0.6) is 5.75 Å². The Balaban J connectivity index is 1.90. The van der Waals surface area contributed by atoms with E-state index in [1.54, 1.807) is 18.2 Å². The number of pyridine rings is 1. The molecule has 0 unspecified atom stereocenters. The number of anilines is 1. The lowest BCUT2D eigenvalue weighted by Crippen LogP contribution is -2.13. The van der Waals surface area contributed by atoms with Gasteiger partial charge in [0.15, 0.2) is 0 Å². The minimum absolute atomic E-state index is 0.126. The highest BCUT2D eigenvalue weighted by atomic mass is 35.5. The van der Waals surface area contributed by atoms with E-state index in [9.17, 15) is 8.42 Å². The van der Waals surface area contributed by atoms with Crippen molar-refractivity contribution < 1.29 is 13.2 Å². The number of sulfonamides is 1. The minimum atomic E-state index is -3.83. The molecule has 0 saturated carbocycles. The van der Waals surface area contributed by atoms with Gasteiger partial charge in [0.2, 0.25) is 0 Å². The molecule has 0 amide bonds. The second-order valence-electron chi connectivity index (χ2n) is 6.82. The van der Waals surface area contributed by atoms with Gasteiger partial charge in [0.1, 0.15) is 10.6 Å². The summed E-state index contributed by atoms with van der Waals surface area (Å²) in [6.07, 6.45) is 0. The normalized spacial score (nSPS) is 11.6. The van der Waals surface area contributed by atoms with Crippen molar-refractivity contribution >= 4 is 48.9 Å². The lowest BCUT2D eigenvalue weighted by atomic mass is 10.0. The number of rotatable bonds is 5. The number of halogens is 1. The Morgan fingerprint density at radius 2 is 1.83 bits per heavy atom. The Hall–Kier alpha value is -2.61. The molecule has 0 aliphatic heterocycles. The molecule has 0 saturated heterocycles. The minimum Gasteiger partial charge on any atom is -0.497 e. The van der Waals surface area contributed by atoms with E-state index in [4.69, 9.17) is 16.3 Å². The number of aryl methyl sites for hydroxylation is 2. The molecule has 0 fully saturated rings. The van der Waals surface area contributed by atoms with Crippen molar-refractivity contribution in [3.63, 3.8) is 0 Å². The Kier molecular flexibility index (Phi) is 5.44. The topological polar surface area (TPSA) is 68.3 Å². The van der Waals surface area contributed by atoms with E-state index in [2.05, 4.69) is 9.71 Å². The van der Waals surface area contributed by atoms with Gasteiger partial charge in [-0.2, -0.15) is 0 Å². The molecular formula is C22H19ClN2O3S2. The van der Waals surface area contributed by atoms with Crippen molar-refractivity contribution in [2.75, 3.05) is 11.8 Å². The highest BCUT2D eigenvalue weighted by Gasteiger charge is 2.21. The van der Waals surface area contributed by atoms with Gasteiger partial charge in [-0.05, 0) is 49.7 Å². The third-order valence-corrected chi connectivity index (χ3v) is 7.27. The molecule has 0 aliphatic carbocycles. The summed E-state index contributed by atoms with van der Waals surface area (Å²) in [6, 6.07) is 15.6. The Morgan fingerprint density at radius 1 is 1.07 bits per heavy atom. The molecule has 0 atom stereocenters. The summed E-state index contributed by atoms with van der Waals surface area (Å²) in [5, 5.41) is 1.38. The molecule has 4 aromatic rings. The van der Waals surface area contributed by atoms with Gasteiger partial charge in [-0.1, -0.05) is 29.8 Å². The molecule has 0 bridgehead atoms. The van der Waals surface area contributed by atoms with Crippen LogP contribution in [0.1, 0.15) is 10.6 Å². The Labute approximate surface area is 184 Å². The average Bonchev–Trinajstić information content (AvgIpc) is 3.03. The molecule has 0 spiro atoms. The standard InChI is InChI=1S/C22H19ClN2O3S2/c1-13-10-19(25-30(26,27)18-9-5-8-17(12-18)28-3)21-20(14(2)29-22(21)24-13)15-6-4-7-16(23)11-15/h4-12H,1-3H3,(H,24,25). The van der Waals surface area contributed by atoms with E-state index in [0.717, 1.165) is 31.9 Å². The van der Waals surface area contributed by atoms with Gasteiger partial charge in [0, 0.05) is 32.6 Å². The van der Waals surface area contributed by atoms with Crippen molar-refractivity contribution in [1.29, 1.82) is 0 Å². The molecule has 8 heteroatoms. The fraction of sp³-hybridized carbons (Fsp3) is 0.136. The molecule has 5 nitrogen and oxygen atoms in total. The smallest absolute Gasteiger partial charge is 0.262 e. The summed E-state index contributed by atoms with van der Waals surface area (Å²) in [5.74, 6) is 0.472. The highest BCUT2D eigenvalue weighted by Crippen LogP contribution is 2.42. The van der Waals surface area contributed by atoms with Gasteiger partial charge in [0.25, 0.3) is 10.0 Å². The number of nitrogens with zero attached hydrogens (tertiary/aromatic N) is 1. The van der Waals surface area contributed by atoms with Crippen molar-refractivity contribution in [3.8, 4) is 16.9 Å². The van der Waals surface area contributed by atoms with Crippen LogP contribution in [-0.4, -0.2) is 20.5 Å². The maximum atomic E-state index is 13.1. The average molecular weight is 459 g/mol. The molecule has 4 rings (SSSR count). The van der Waals surface area contributed by atoms with E-state index >= 15 is 0 Å². The van der Waals surface area contributed by atoms with Crippen molar-refractivity contribution in [1.82, 2.24) is 4.98 Å². The van der Waals surface area contributed by atoms with Crippen LogP contribution in [0.25, 0.3) is 21.3 Å². The number of nitrogens with one attached hydrogen (secondary N) is 1. The monoisotopic (exact) mass is 458 g/mol. The van der Waals surface area contributed by atoms with Crippen LogP contribution < -0.4 is 9.46 Å². The molecular weight excluding hydrogens is 440 g/mol. The fourth-order valence-electron chi connectivity index (χ4n) is 3.38. The first-order valence-corrected chi connectivity index (χ1v) is 11.8. The lowest BCUT2D eigenvalue weighted by molar-refractivity contribution is 0.413. The number of methoxy groups -OCH3 is 1. The summed E-state index contributed by atoms with van der Waals surface area (Å²) >= 11 is 7.74. The largest absolute Gasteiger partial charge is 0.497 e. The van der Waals surface area contributed by atoms with Crippen LogP contribution in [0, 0.1) is 13.8 Å². The number of benzene rings is 2. The van der Waals surface area contributed by atoms with Crippen LogP contribution in [-0.2, 0) is 10.0 Å². The maximum Gasteiger partial charge on any atom is 0.262 e. The van der Waals surface area contributed by atoms with Gasteiger partial charge in [0.05, 0.1) is 17.7 Å². The van der Waals surface area contributed by atoms with Gasteiger partial charge in [-0.15, -0.1) is 11.3 Å². The fourth-order valence-corrected chi connectivity index (χ4v) is 5.78. The third kappa shape index (κ3) is 3.88. The number of aromatic nitrogens is 1. The van der Waals surface area contributed by atoms with E-state index in [1.807, 2.05) is 38.1 Å². The molecule has 0 radical (unpaired) electrons. The second kappa shape index (κ2) is 7.91. The van der Waals surface area contributed by atoms with E-state index in [1.165, 1.54) is 30.6 Å². The number of hydrogen-bond donors (Lipinski definition) is 1. The number of fused-ring (bicyclic) bond motifs is 1. The van der Waals surface area contributed by atoms with Crippen LogP contribution in [0.3, 0.4) is 0 Å². The third-order valence-electron chi connectivity index (χ3n) is 4.68. The number of ether oxygens (including phenoxy) is 1. The summed E-state index contributed by atoms with van der Waals surface area (Å²) in [4.78, 5) is 6.56. The lowest BCUT2D eigenvalue weighted by Gasteiger charge is -2.13. The van der Waals surface area contributed by atoms with Gasteiger partial charge in [-0.3, -0.25) is 4.72 Å². The molecule has 2 heterocycles. The summed E-state index contributed by atoms with van der Waals surface area (Å²) in [6.45, 7) is 3.84. The number of hydrogen-bond acceptors (Lipinski definition) is 5. The zero-order valence-corrected chi connectivity index (χ0v) is 19.0. The molecule has 1 N–H and O–H groups in total. The zero-order chi connectivity index (χ0) is 21.5. The van der Waals surface area contributed by atoms with Crippen LogP contribution in [0.2, 0.25) is 5.02 Å². The second-order valence-corrected chi connectivity index (χ2v) is 10.1. The first-order chi connectivity index (χ1) is 14.3. The molecule has 30 heavy (non-hydrogen) atoms. The summed E-state index contributed by atoms with van der Waals surface area (Å²) in [5.41, 5.74) is 3.05. The summed E-state index contributed by atoms with van der Waals surface area (Å²) < 4.78 is 34.2. The zero-order valence-electron chi connectivity index (χ0n) is 16.6. The number of thiophene rings is 1. The van der Waals surface area contributed by atoms with Crippen molar-refractivity contribution in [3.05, 3.63) is 70.2 Å². The molecule has 2 aromatic carbocycles. The first kappa shape index (κ1) is 20.7. The van der Waals surface area contributed by atoms with Crippen LogP contribution in [0.4, 0.5) is 5.69 Å². The van der Waals surface area contributed by atoms with E-state index in [0.29, 0.717) is 16.5 Å². The Bertz CT molecular complexity index is 1360. The highest BCUT2D eigenvalue weighted by molar-refractivity contribution is 7.92. The molecule has 154 valence electrons. The van der Waals surface area contributed by atoms with Gasteiger partial charge < -0.3 is 4.74 Å².